The van der Waals surface area contributed by atoms with Crippen LogP contribution in [0.25, 0.3) is 22.3 Å². The van der Waals surface area contributed by atoms with Gasteiger partial charge in [0.25, 0.3) is 0 Å². The van der Waals surface area contributed by atoms with E-state index in [2.05, 4.69) is 36.4 Å². The maximum Gasteiger partial charge on any atom is 0.123 e. The summed E-state index contributed by atoms with van der Waals surface area (Å²) in [6.07, 6.45) is 0. The van der Waals surface area contributed by atoms with Gasteiger partial charge in [0.15, 0.2) is 0 Å². The highest BCUT2D eigenvalue weighted by molar-refractivity contribution is 5.97. The van der Waals surface area contributed by atoms with Crippen LogP contribution in [0.4, 0.5) is 0 Å². The van der Waals surface area contributed by atoms with E-state index in [1.807, 2.05) is 36.4 Å². The third kappa shape index (κ3) is 1.53. The van der Waals surface area contributed by atoms with Crippen LogP contribution in [0, 0.1) is 0 Å². The lowest BCUT2D eigenvalue weighted by atomic mass is 9.70. The van der Waals surface area contributed by atoms with Crippen molar-refractivity contribution in [3.8, 4) is 33.8 Å². The van der Waals surface area contributed by atoms with Gasteiger partial charge < -0.3 is 10.2 Å². The average Bonchev–Trinajstić information content (AvgIpc) is 3.17. The summed E-state index contributed by atoms with van der Waals surface area (Å²) in [6, 6.07) is 28.1. The zero-order valence-electron chi connectivity index (χ0n) is 14.5. The van der Waals surface area contributed by atoms with Gasteiger partial charge in [-0.05, 0) is 45.5 Å². The summed E-state index contributed by atoms with van der Waals surface area (Å²) in [7, 11) is 0. The zero-order chi connectivity index (χ0) is 18.2. The first-order valence-electron chi connectivity index (χ1n) is 9.09. The molecule has 1 spiro atoms. The van der Waals surface area contributed by atoms with Crippen LogP contribution in [0.3, 0.4) is 0 Å². The average molecular weight is 348 g/mol. The van der Waals surface area contributed by atoms with E-state index in [0.29, 0.717) is 11.5 Å². The van der Waals surface area contributed by atoms with Crippen LogP contribution in [0.1, 0.15) is 22.3 Å². The van der Waals surface area contributed by atoms with Crippen molar-refractivity contribution >= 4 is 0 Å². The van der Waals surface area contributed by atoms with Gasteiger partial charge in [0, 0.05) is 11.1 Å². The van der Waals surface area contributed by atoms with E-state index in [1.54, 1.807) is 12.1 Å². The molecule has 128 valence electrons. The molecule has 0 aliphatic heterocycles. The number of phenolic OH excluding ortho intramolecular Hbond substituents is 2. The molecule has 0 saturated heterocycles. The molecule has 0 amide bonds. The second kappa shape index (κ2) is 4.80. The number of hydrogen-bond acceptors (Lipinski definition) is 2. The van der Waals surface area contributed by atoms with E-state index < -0.39 is 5.41 Å². The Labute approximate surface area is 157 Å². The van der Waals surface area contributed by atoms with Crippen molar-refractivity contribution in [2.75, 3.05) is 0 Å². The first-order valence-corrected chi connectivity index (χ1v) is 9.09. The number of rotatable bonds is 0. The first-order chi connectivity index (χ1) is 13.2. The summed E-state index contributed by atoms with van der Waals surface area (Å²) in [5.74, 6) is 0.589. The van der Waals surface area contributed by atoms with Crippen LogP contribution in [0.2, 0.25) is 0 Å². The number of benzene rings is 4. The molecule has 2 heteroatoms. The van der Waals surface area contributed by atoms with Crippen molar-refractivity contribution in [2.24, 2.45) is 0 Å². The summed E-state index contributed by atoms with van der Waals surface area (Å²) in [6.45, 7) is 0. The van der Waals surface area contributed by atoms with Crippen LogP contribution >= 0.6 is 0 Å². The molecule has 0 radical (unpaired) electrons. The Morgan fingerprint density at radius 1 is 0.444 bits per heavy atom. The lowest BCUT2D eigenvalue weighted by molar-refractivity contribution is 0.476. The SMILES string of the molecule is Oc1cccc2c1-c1ccccc1C21c2ccccc2-c2c(O)cccc21. The minimum atomic E-state index is -0.519. The summed E-state index contributed by atoms with van der Waals surface area (Å²) in [5.41, 5.74) is 7.80. The molecule has 2 aliphatic carbocycles. The largest absolute Gasteiger partial charge is 0.507 e. The van der Waals surface area contributed by atoms with Crippen molar-refractivity contribution in [3.63, 3.8) is 0 Å². The smallest absolute Gasteiger partial charge is 0.123 e. The van der Waals surface area contributed by atoms with Gasteiger partial charge in [-0.3, -0.25) is 0 Å². The number of fused-ring (bicyclic) bond motifs is 10. The molecular formula is C25H16O2. The van der Waals surface area contributed by atoms with Crippen molar-refractivity contribution in [1.29, 1.82) is 0 Å². The summed E-state index contributed by atoms with van der Waals surface area (Å²) >= 11 is 0. The molecule has 0 aromatic heterocycles. The maximum atomic E-state index is 10.7. The molecule has 4 aromatic rings. The van der Waals surface area contributed by atoms with Crippen LogP contribution in [0.15, 0.2) is 84.9 Å². The molecule has 2 nitrogen and oxygen atoms in total. The van der Waals surface area contributed by atoms with Crippen LogP contribution < -0.4 is 0 Å². The van der Waals surface area contributed by atoms with Crippen molar-refractivity contribution < 1.29 is 10.2 Å². The van der Waals surface area contributed by atoms with E-state index >= 15 is 0 Å². The minimum Gasteiger partial charge on any atom is -0.507 e. The Kier molecular flexibility index (Phi) is 2.60. The second-order valence-electron chi connectivity index (χ2n) is 7.24. The molecule has 0 heterocycles. The van der Waals surface area contributed by atoms with Gasteiger partial charge in [-0.2, -0.15) is 0 Å². The Hall–Kier alpha value is -3.52. The molecule has 0 atom stereocenters. The fraction of sp³-hybridized carbons (Fsp3) is 0.0400. The van der Waals surface area contributed by atoms with Gasteiger partial charge in [0.1, 0.15) is 11.5 Å². The fourth-order valence-corrected chi connectivity index (χ4v) is 5.20. The summed E-state index contributed by atoms with van der Waals surface area (Å²) < 4.78 is 0. The molecule has 2 N–H and O–H groups in total. The zero-order valence-corrected chi connectivity index (χ0v) is 14.5. The first kappa shape index (κ1) is 14.6. The third-order valence-electron chi connectivity index (χ3n) is 6.09. The van der Waals surface area contributed by atoms with Crippen LogP contribution in [-0.2, 0) is 5.41 Å². The highest BCUT2D eigenvalue weighted by Crippen LogP contribution is 2.64. The summed E-state index contributed by atoms with van der Waals surface area (Å²) in [5, 5.41) is 21.4. The van der Waals surface area contributed by atoms with E-state index in [4.69, 9.17) is 0 Å². The standard InChI is InChI=1S/C25H16O2/c26-21-13-5-11-19-23(21)15-7-1-3-9-17(15)25(19)18-10-4-2-8-16(18)24-20(25)12-6-14-22(24)27/h1-14,26-27H. The molecule has 0 fully saturated rings. The monoisotopic (exact) mass is 348 g/mol. The van der Waals surface area contributed by atoms with Crippen molar-refractivity contribution in [3.05, 3.63) is 107 Å². The molecule has 6 rings (SSSR count). The van der Waals surface area contributed by atoms with E-state index in [-0.39, 0.29) is 0 Å². The number of aromatic hydroxyl groups is 2. The van der Waals surface area contributed by atoms with Crippen molar-refractivity contribution in [1.82, 2.24) is 0 Å². The molecule has 2 aliphatic rings. The maximum absolute atomic E-state index is 10.7. The number of hydrogen-bond donors (Lipinski definition) is 2. The topological polar surface area (TPSA) is 40.5 Å². The molecular weight excluding hydrogens is 332 g/mol. The molecule has 0 saturated carbocycles. The van der Waals surface area contributed by atoms with Gasteiger partial charge in [-0.15, -0.1) is 0 Å². The van der Waals surface area contributed by atoms with Crippen LogP contribution in [-0.4, -0.2) is 10.2 Å². The molecule has 4 aromatic carbocycles. The molecule has 0 bridgehead atoms. The normalized spacial score (nSPS) is 14.5. The highest BCUT2D eigenvalue weighted by Gasteiger charge is 2.52. The van der Waals surface area contributed by atoms with Gasteiger partial charge in [-0.25, -0.2) is 0 Å². The Bertz CT molecular complexity index is 1150. The fourth-order valence-electron chi connectivity index (χ4n) is 5.20. The summed E-state index contributed by atoms with van der Waals surface area (Å²) in [4.78, 5) is 0. The molecule has 0 unspecified atom stereocenters. The number of phenols is 2. The Balaban J connectivity index is 1.90. The Morgan fingerprint density at radius 2 is 0.852 bits per heavy atom. The second-order valence-corrected chi connectivity index (χ2v) is 7.24. The highest BCUT2D eigenvalue weighted by atomic mass is 16.3. The van der Waals surface area contributed by atoms with Gasteiger partial charge in [-0.1, -0.05) is 72.8 Å². The van der Waals surface area contributed by atoms with E-state index in [1.165, 1.54) is 0 Å². The minimum absolute atomic E-state index is 0.294. The predicted octanol–water partition coefficient (Wildman–Crippen LogP) is 5.44. The van der Waals surface area contributed by atoms with Gasteiger partial charge >= 0.3 is 0 Å². The molecule has 27 heavy (non-hydrogen) atoms. The predicted molar refractivity (Wildman–Crippen MR) is 106 cm³/mol. The van der Waals surface area contributed by atoms with Gasteiger partial charge in [0.05, 0.1) is 5.41 Å². The lowest BCUT2D eigenvalue weighted by Crippen LogP contribution is -2.25. The van der Waals surface area contributed by atoms with E-state index in [0.717, 1.165) is 44.5 Å². The quantitative estimate of drug-likeness (QED) is 0.384. The Morgan fingerprint density at radius 3 is 1.33 bits per heavy atom. The van der Waals surface area contributed by atoms with Gasteiger partial charge in [0.2, 0.25) is 0 Å². The lowest BCUT2D eigenvalue weighted by Gasteiger charge is -2.30. The third-order valence-corrected chi connectivity index (χ3v) is 6.09. The van der Waals surface area contributed by atoms with Crippen LogP contribution in [0.5, 0.6) is 11.5 Å². The van der Waals surface area contributed by atoms with E-state index in [9.17, 15) is 10.2 Å². The van der Waals surface area contributed by atoms with Crippen molar-refractivity contribution in [2.45, 2.75) is 5.41 Å².